The van der Waals surface area contributed by atoms with Crippen LogP contribution in [-0.2, 0) is 29.0 Å². The number of hydrogen-bond donors (Lipinski definition) is 1. The summed E-state index contributed by atoms with van der Waals surface area (Å²) in [5.41, 5.74) is 6.51. The molecule has 1 saturated carbocycles. The van der Waals surface area contributed by atoms with E-state index >= 15 is 0 Å². The van der Waals surface area contributed by atoms with E-state index in [2.05, 4.69) is 56.4 Å². The molecule has 2 amide bonds. The summed E-state index contributed by atoms with van der Waals surface area (Å²) in [5, 5.41) is 3.32. The van der Waals surface area contributed by atoms with Crippen molar-refractivity contribution in [3.8, 4) is 0 Å². The highest BCUT2D eigenvalue weighted by Crippen LogP contribution is 2.21. The monoisotopic (exact) mass is 496 g/mol. The molecule has 4 nitrogen and oxygen atoms in total. The van der Waals surface area contributed by atoms with Crippen molar-refractivity contribution in [2.24, 2.45) is 0 Å². The summed E-state index contributed by atoms with van der Waals surface area (Å²) in [4.78, 5) is 29.7. The minimum atomic E-state index is -0.580. The van der Waals surface area contributed by atoms with Gasteiger partial charge in [-0.1, -0.05) is 109 Å². The first-order valence-electron chi connectivity index (χ1n) is 13.6. The van der Waals surface area contributed by atoms with E-state index in [1.165, 1.54) is 6.42 Å². The van der Waals surface area contributed by atoms with Crippen LogP contribution in [0.3, 0.4) is 0 Å². The Morgan fingerprint density at radius 3 is 2.11 bits per heavy atom. The van der Waals surface area contributed by atoms with Gasteiger partial charge in [0.15, 0.2) is 0 Å². The highest BCUT2D eigenvalue weighted by molar-refractivity contribution is 5.89. The molecule has 1 aliphatic rings. The van der Waals surface area contributed by atoms with Gasteiger partial charge < -0.3 is 10.2 Å². The summed E-state index contributed by atoms with van der Waals surface area (Å²) < 4.78 is 0. The molecular weight excluding hydrogens is 456 g/mol. The molecule has 0 bridgehead atoms. The zero-order valence-corrected chi connectivity index (χ0v) is 22.5. The Kier molecular flexibility index (Phi) is 9.16. The second-order valence-electron chi connectivity index (χ2n) is 10.7. The SMILES string of the molecule is Cc1cc(C)cc(CC(=O)N(Cc2cccc(C)c2)[C@H](Cc2ccccc2)C(=O)NC2CCCCC2)c1. The fraction of sp³-hybridized carbons (Fsp3) is 0.394. The Morgan fingerprint density at radius 2 is 1.43 bits per heavy atom. The third-order valence-electron chi connectivity index (χ3n) is 7.29. The highest BCUT2D eigenvalue weighted by Gasteiger charge is 2.32. The van der Waals surface area contributed by atoms with E-state index < -0.39 is 6.04 Å². The molecule has 0 radical (unpaired) electrons. The minimum absolute atomic E-state index is 0.0220. The molecule has 3 aromatic rings. The zero-order chi connectivity index (χ0) is 26.2. The number of benzene rings is 3. The van der Waals surface area contributed by atoms with Gasteiger partial charge in [-0.05, 0) is 50.3 Å². The van der Waals surface area contributed by atoms with Crippen molar-refractivity contribution in [1.29, 1.82) is 0 Å². The predicted octanol–water partition coefficient (Wildman–Crippen LogP) is 6.24. The van der Waals surface area contributed by atoms with Crippen LogP contribution in [0, 0.1) is 20.8 Å². The fourth-order valence-corrected chi connectivity index (χ4v) is 5.55. The van der Waals surface area contributed by atoms with E-state index in [0.29, 0.717) is 13.0 Å². The molecule has 1 fully saturated rings. The number of amides is 2. The smallest absolute Gasteiger partial charge is 0.243 e. The maximum Gasteiger partial charge on any atom is 0.243 e. The highest BCUT2D eigenvalue weighted by atomic mass is 16.2. The topological polar surface area (TPSA) is 49.4 Å². The van der Waals surface area contributed by atoms with Gasteiger partial charge in [0, 0.05) is 19.0 Å². The van der Waals surface area contributed by atoms with Crippen LogP contribution in [-0.4, -0.2) is 28.8 Å². The van der Waals surface area contributed by atoms with Gasteiger partial charge >= 0.3 is 0 Å². The predicted molar refractivity (Wildman–Crippen MR) is 150 cm³/mol. The number of aryl methyl sites for hydroxylation is 3. The molecule has 0 unspecified atom stereocenters. The number of hydrogen-bond acceptors (Lipinski definition) is 2. The van der Waals surface area contributed by atoms with Gasteiger partial charge in [0.1, 0.15) is 6.04 Å². The average Bonchev–Trinajstić information content (AvgIpc) is 2.86. The number of carbonyl (C=O) groups excluding carboxylic acids is 2. The van der Waals surface area contributed by atoms with E-state index in [-0.39, 0.29) is 24.3 Å². The molecule has 3 aromatic carbocycles. The van der Waals surface area contributed by atoms with Crippen molar-refractivity contribution in [1.82, 2.24) is 10.2 Å². The third-order valence-corrected chi connectivity index (χ3v) is 7.29. The summed E-state index contributed by atoms with van der Waals surface area (Å²) in [7, 11) is 0. The molecular formula is C33H40N2O2. The summed E-state index contributed by atoms with van der Waals surface area (Å²) >= 11 is 0. The first kappa shape index (κ1) is 26.7. The van der Waals surface area contributed by atoms with Crippen molar-refractivity contribution >= 4 is 11.8 Å². The van der Waals surface area contributed by atoms with Crippen LogP contribution in [0.4, 0.5) is 0 Å². The van der Waals surface area contributed by atoms with Crippen LogP contribution in [0.25, 0.3) is 0 Å². The van der Waals surface area contributed by atoms with Gasteiger partial charge in [-0.15, -0.1) is 0 Å². The van der Waals surface area contributed by atoms with Crippen molar-refractivity contribution in [2.45, 2.75) is 84.3 Å². The molecule has 0 spiro atoms. The Labute approximate surface area is 222 Å². The first-order valence-corrected chi connectivity index (χ1v) is 13.6. The van der Waals surface area contributed by atoms with E-state index in [1.54, 1.807) is 0 Å². The fourth-order valence-electron chi connectivity index (χ4n) is 5.55. The van der Waals surface area contributed by atoms with Gasteiger partial charge in [0.25, 0.3) is 0 Å². The van der Waals surface area contributed by atoms with Gasteiger partial charge in [0.2, 0.25) is 11.8 Å². The second kappa shape index (κ2) is 12.7. The van der Waals surface area contributed by atoms with Gasteiger partial charge in [-0.25, -0.2) is 0 Å². The standard InChI is InChI=1S/C33H40N2O2/c1-24-11-10-14-28(18-24)23-35(32(36)22-29-19-25(2)17-26(3)20-29)31(21-27-12-6-4-7-13-27)33(37)34-30-15-8-5-9-16-30/h4,6-7,10-14,17-20,30-31H,5,8-9,15-16,21-23H2,1-3H3,(H,34,37)/t31-/m1/s1. The van der Waals surface area contributed by atoms with Crippen LogP contribution in [0.5, 0.6) is 0 Å². The lowest BCUT2D eigenvalue weighted by atomic mass is 9.94. The number of rotatable bonds is 9. The summed E-state index contributed by atoms with van der Waals surface area (Å²) in [5.74, 6) is -0.0663. The van der Waals surface area contributed by atoms with Crippen molar-refractivity contribution < 1.29 is 9.59 Å². The van der Waals surface area contributed by atoms with E-state index in [0.717, 1.165) is 59.1 Å². The molecule has 0 aromatic heterocycles. The van der Waals surface area contributed by atoms with Gasteiger partial charge in [-0.2, -0.15) is 0 Å². The van der Waals surface area contributed by atoms with Crippen LogP contribution >= 0.6 is 0 Å². The largest absolute Gasteiger partial charge is 0.352 e. The number of nitrogens with zero attached hydrogens (tertiary/aromatic N) is 1. The van der Waals surface area contributed by atoms with Crippen molar-refractivity contribution in [2.75, 3.05) is 0 Å². The lowest BCUT2D eigenvalue weighted by Crippen LogP contribution is -2.53. The molecule has 1 N–H and O–H groups in total. The maximum atomic E-state index is 14.0. The van der Waals surface area contributed by atoms with Crippen molar-refractivity contribution in [3.63, 3.8) is 0 Å². The number of nitrogens with one attached hydrogen (secondary N) is 1. The van der Waals surface area contributed by atoms with E-state index in [4.69, 9.17) is 0 Å². The molecule has 0 aliphatic heterocycles. The maximum absolute atomic E-state index is 14.0. The Balaban J connectivity index is 1.67. The molecule has 4 heteroatoms. The van der Waals surface area contributed by atoms with Gasteiger partial charge in [-0.3, -0.25) is 9.59 Å². The zero-order valence-electron chi connectivity index (χ0n) is 22.5. The van der Waals surface area contributed by atoms with Gasteiger partial charge in [0.05, 0.1) is 6.42 Å². The Bertz CT molecular complexity index is 1180. The van der Waals surface area contributed by atoms with Crippen LogP contribution in [0.2, 0.25) is 0 Å². The molecule has 0 heterocycles. The van der Waals surface area contributed by atoms with E-state index in [1.807, 2.05) is 47.4 Å². The molecule has 4 rings (SSSR count). The lowest BCUT2D eigenvalue weighted by molar-refractivity contribution is -0.141. The second-order valence-corrected chi connectivity index (χ2v) is 10.7. The molecule has 1 aliphatic carbocycles. The lowest BCUT2D eigenvalue weighted by Gasteiger charge is -2.33. The number of carbonyl (C=O) groups is 2. The van der Waals surface area contributed by atoms with Crippen molar-refractivity contribution in [3.05, 3.63) is 106 Å². The molecule has 194 valence electrons. The minimum Gasteiger partial charge on any atom is -0.352 e. The average molecular weight is 497 g/mol. The van der Waals surface area contributed by atoms with Crippen LogP contribution in [0.1, 0.15) is 65.5 Å². The van der Waals surface area contributed by atoms with E-state index in [9.17, 15) is 9.59 Å². The van der Waals surface area contributed by atoms with Crippen LogP contribution < -0.4 is 5.32 Å². The normalized spacial score (nSPS) is 14.7. The summed E-state index contributed by atoms with van der Waals surface area (Å²) in [6, 6.07) is 24.2. The van der Waals surface area contributed by atoms with Crippen LogP contribution in [0.15, 0.2) is 72.8 Å². The molecule has 37 heavy (non-hydrogen) atoms. The summed E-state index contributed by atoms with van der Waals surface area (Å²) in [6.07, 6.45) is 6.31. The molecule has 1 atom stereocenters. The summed E-state index contributed by atoms with van der Waals surface area (Å²) in [6.45, 7) is 6.58. The molecule has 0 saturated heterocycles. The first-order chi connectivity index (χ1) is 17.9. The quantitative estimate of drug-likeness (QED) is 0.381. The Morgan fingerprint density at radius 1 is 0.784 bits per heavy atom. The Hall–Kier alpha value is -3.40. The third kappa shape index (κ3) is 7.79.